The van der Waals surface area contributed by atoms with Crippen molar-refractivity contribution in [2.75, 3.05) is 30.7 Å². The average molecular weight is 668 g/mol. The number of piperidine rings is 1. The summed E-state index contributed by atoms with van der Waals surface area (Å²) in [5, 5.41) is 25.4. The lowest BCUT2D eigenvalue weighted by molar-refractivity contribution is -0.205. The Hall–Kier alpha value is -2.80. The zero-order valence-electron chi connectivity index (χ0n) is 28.0. The van der Waals surface area contributed by atoms with Gasteiger partial charge in [-0.1, -0.05) is 45.5 Å². The number of rotatable bonds is 8. The van der Waals surface area contributed by atoms with E-state index in [1.54, 1.807) is 18.3 Å². The molecule has 2 bridgehead atoms. The molecule has 4 fully saturated rings. The normalized spacial score (nSPS) is 36.4. The Bertz CT molecular complexity index is 1540. The minimum Gasteiger partial charge on any atom is -0.461 e. The molecule has 4 N–H and O–H groups in total. The first-order valence-corrected chi connectivity index (χ1v) is 18.0. The van der Waals surface area contributed by atoms with Crippen molar-refractivity contribution in [3.8, 4) is 0 Å². The second-order valence-electron chi connectivity index (χ2n) is 15.0. The third-order valence-corrected chi connectivity index (χ3v) is 13.3. The number of nitrogens with zero attached hydrogens (tertiary/aromatic N) is 3. The molecular formula is C35H49N5O6S. The van der Waals surface area contributed by atoms with E-state index in [0.717, 1.165) is 31.0 Å². The highest BCUT2D eigenvalue weighted by Crippen LogP contribution is 2.68. The van der Waals surface area contributed by atoms with Gasteiger partial charge >= 0.3 is 5.97 Å². The molecule has 8 atom stereocenters. The van der Waals surface area contributed by atoms with E-state index in [0.29, 0.717) is 60.8 Å². The minimum absolute atomic E-state index is 0.0653. The van der Waals surface area contributed by atoms with Gasteiger partial charge in [-0.15, -0.1) is 6.58 Å². The summed E-state index contributed by atoms with van der Waals surface area (Å²) in [6, 6.07) is 1.79. The molecule has 6 rings (SSSR count). The number of aromatic nitrogens is 3. The lowest BCUT2D eigenvalue weighted by Gasteiger charge is -2.61. The van der Waals surface area contributed by atoms with Crippen molar-refractivity contribution in [3.63, 3.8) is 0 Å². The van der Waals surface area contributed by atoms with Gasteiger partial charge in [-0.25, -0.2) is 9.97 Å². The van der Waals surface area contributed by atoms with E-state index in [4.69, 9.17) is 4.74 Å². The number of anilines is 1. The van der Waals surface area contributed by atoms with Crippen LogP contribution in [0.2, 0.25) is 0 Å². The Morgan fingerprint density at radius 2 is 1.94 bits per heavy atom. The summed E-state index contributed by atoms with van der Waals surface area (Å²) in [5.74, 6) is -0.385. The Balaban J connectivity index is 1.20. The van der Waals surface area contributed by atoms with Gasteiger partial charge in [0.2, 0.25) is 5.91 Å². The first kappa shape index (κ1) is 34.1. The summed E-state index contributed by atoms with van der Waals surface area (Å²) in [7, 11) is 0. The molecule has 256 valence electrons. The van der Waals surface area contributed by atoms with Crippen molar-refractivity contribution in [1.82, 2.24) is 19.9 Å². The van der Waals surface area contributed by atoms with Crippen molar-refractivity contribution in [1.29, 1.82) is 0 Å². The Labute approximate surface area is 280 Å². The smallest absolute Gasteiger partial charge is 0.316 e. The number of hydrogen-bond donors (Lipinski definition) is 4. The highest BCUT2D eigenvalue weighted by atomic mass is 32.2. The summed E-state index contributed by atoms with van der Waals surface area (Å²) >= 11 is 1.13. The number of Topliss-reactive ketones (excluding diaryl/α,β-unsaturated/α-hetero) is 1. The Kier molecular flexibility index (Phi) is 9.36. The van der Waals surface area contributed by atoms with Crippen LogP contribution in [0.4, 0.5) is 5.82 Å². The molecule has 11 nitrogen and oxygen atoms in total. The number of hydrogen-bond acceptors (Lipinski definition) is 10. The molecule has 0 spiro atoms. The van der Waals surface area contributed by atoms with Gasteiger partial charge in [0.15, 0.2) is 5.16 Å². The molecule has 4 aliphatic rings. The number of aliphatic hydroxyl groups excluding tert-OH is 2. The summed E-state index contributed by atoms with van der Waals surface area (Å²) in [5.41, 5.74) is -1.09. The third kappa shape index (κ3) is 6.04. The van der Waals surface area contributed by atoms with Crippen LogP contribution in [0.5, 0.6) is 0 Å². The maximum Gasteiger partial charge on any atom is 0.316 e. The number of fused-ring (bicyclic) bond motifs is 1. The van der Waals surface area contributed by atoms with Crippen LogP contribution in [0.3, 0.4) is 0 Å². The summed E-state index contributed by atoms with van der Waals surface area (Å²) < 4.78 is 6.37. The minimum atomic E-state index is -0.724. The maximum atomic E-state index is 13.7. The van der Waals surface area contributed by atoms with Gasteiger partial charge in [-0.2, -0.15) is 0 Å². The topological polar surface area (TPSA) is 158 Å². The lowest BCUT2D eigenvalue weighted by Crippen LogP contribution is -2.63. The SMILES string of the molecule is C=C[C@]1(C)C[C@@H](OC(=O)CSc2nc(NC(=O)CN3CCC(O)CC3)c3cc[nH]c3n2)[C@]2(C)[C@H](C)CC[C@]3(CCC(=O)[C@H]32)[C@@H](C)[C@@H]1O. The average Bonchev–Trinajstić information content (AvgIpc) is 3.67. The number of esters is 1. The summed E-state index contributed by atoms with van der Waals surface area (Å²) in [6.45, 7) is 14.0. The second-order valence-corrected chi connectivity index (χ2v) is 15.9. The van der Waals surface area contributed by atoms with Crippen molar-refractivity contribution in [2.45, 2.75) is 96.1 Å². The zero-order chi connectivity index (χ0) is 33.7. The lowest BCUT2D eigenvalue weighted by atomic mass is 9.44. The summed E-state index contributed by atoms with van der Waals surface area (Å²) in [6.07, 6.45) is 6.56. The van der Waals surface area contributed by atoms with Crippen LogP contribution >= 0.6 is 11.8 Å². The van der Waals surface area contributed by atoms with E-state index in [2.05, 4.69) is 47.6 Å². The van der Waals surface area contributed by atoms with Gasteiger partial charge in [-0.3, -0.25) is 19.3 Å². The molecule has 0 aromatic carbocycles. The number of thioether (sulfide) groups is 1. The number of carbonyl (C=O) groups is 3. The maximum absolute atomic E-state index is 13.7. The van der Waals surface area contributed by atoms with Crippen LogP contribution < -0.4 is 5.32 Å². The fraction of sp³-hybridized carbons (Fsp3) is 0.686. The molecule has 3 heterocycles. The molecule has 2 aromatic heterocycles. The molecule has 3 aliphatic carbocycles. The van der Waals surface area contributed by atoms with E-state index in [9.17, 15) is 24.6 Å². The predicted octanol–water partition coefficient (Wildman–Crippen LogP) is 4.35. The number of H-pyrrole nitrogens is 1. The largest absolute Gasteiger partial charge is 0.461 e. The monoisotopic (exact) mass is 667 g/mol. The van der Waals surface area contributed by atoms with Gasteiger partial charge in [-0.05, 0) is 61.8 Å². The molecular weight excluding hydrogens is 618 g/mol. The van der Waals surface area contributed by atoms with E-state index in [-0.39, 0.29) is 53.3 Å². The van der Waals surface area contributed by atoms with Crippen molar-refractivity contribution < 1.29 is 29.3 Å². The van der Waals surface area contributed by atoms with Crippen molar-refractivity contribution >= 4 is 46.3 Å². The number of aromatic amines is 1. The van der Waals surface area contributed by atoms with E-state index < -0.39 is 29.0 Å². The fourth-order valence-corrected chi connectivity index (χ4v) is 9.98. The standard InChI is InChI=1S/C35H49N5O6S/c1-6-33(4)17-25(34(5)20(2)7-12-35(21(3)29(33)45)13-8-24(42)28(34)35)46-27(44)19-47-32-38-30-23(9-14-36-30)31(39-32)37-26(43)18-40-15-10-22(41)11-16-40/h6,9,14,20-22,25,28-29,41,45H,1,7-8,10-13,15-19H2,2-5H3,(H2,36,37,38,39,43)/t20-,21+,25-,28+,29+,33-,34+,35+/m1/s1. The molecule has 1 amide bonds. The number of aliphatic hydroxyl groups is 2. The molecule has 3 saturated carbocycles. The molecule has 47 heavy (non-hydrogen) atoms. The second kappa shape index (κ2) is 12.9. The van der Waals surface area contributed by atoms with Crippen LogP contribution in [0.1, 0.15) is 72.6 Å². The number of ether oxygens (including phenoxy) is 1. The molecule has 1 saturated heterocycles. The molecule has 1 aliphatic heterocycles. The van der Waals surface area contributed by atoms with Crippen LogP contribution in [-0.2, 0) is 19.1 Å². The van der Waals surface area contributed by atoms with Gasteiger partial charge < -0.3 is 25.3 Å². The van der Waals surface area contributed by atoms with Gasteiger partial charge in [0, 0.05) is 42.5 Å². The quantitative estimate of drug-likeness (QED) is 0.138. The number of carbonyl (C=O) groups excluding carboxylic acids is 3. The highest BCUT2D eigenvalue weighted by Gasteiger charge is 2.68. The van der Waals surface area contributed by atoms with Crippen LogP contribution in [0.25, 0.3) is 11.0 Å². The van der Waals surface area contributed by atoms with E-state index in [1.165, 1.54) is 0 Å². The highest BCUT2D eigenvalue weighted by molar-refractivity contribution is 7.99. The molecule has 0 unspecified atom stereocenters. The van der Waals surface area contributed by atoms with E-state index in [1.807, 2.05) is 11.8 Å². The Morgan fingerprint density at radius 1 is 1.19 bits per heavy atom. The predicted molar refractivity (Wildman–Crippen MR) is 180 cm³/mol. The summed E-state index contributed by atoms with van der Waals surface area (Å²) in [4.78, 5) is 54.5. The zero-order valence-corrected chi connectivity index (χ0v) is 28.8. The van der Waals surface area contributed by atoms with Crippen molar-refractivity contribution in [2.24, 2.45) is 34.0 Å². The first-order chi connectivity index (χ1) is 22.3. The number of likely N-dealkylation sites (tertiary alicyclic amines) is 1. The third-order valence-electron chi connectivity index (χ3n) is 12.5. The number of amides is 1. The molecule has 0 radical (unpaired) electrons. The van der Waals surface area contributed by atoms with Gasteiger partial charge in [0.25, 0.3) is 0 Å². The molecule has 2 aromatic rings. The van der Waals surface area contributed by atoms with Gasteiger partial charge in [0.1, 0.15) is 23.4 Å². The first-order valence-electron chi connectivity index (χ1n) is 17.0. The van der Waals surface area contributed by atoms with Gasteiger partial charge in [0.05, 0.1) is 29.9 Å². The van der Waals surface area contributed by atoms with Crippen LogP contribution in [0.15, 0.2) is 30.1 Å². The fourth-order valence-electron chi connectivity index (χ4n) is 9.35. The number of nitrogens with one attached hydrogen (secondary N) is 2. The molecule has 12 heteroatoms. The van der Waals surface area contributed by atoms with E-state index >= 15 is 0 Å². The van der Waals surface area contributed by atoms with Crippen LogP contribution in [-0.4, -0.2) is 91.4 Å². The Morgan fingerprint density at radius 3 is 2.66 bits per heavy atom. The number of ketones is 1. The van der Waals surface area contributed by atoms with Crippen LogP contribution in [0, 0.1) is 34.0 Å². The van der Waals surface area contributed by atoms with Crippen molar-refractivity contribution in [3.05, 3.63) is 24.9 Å².